The zero-order chi connectivity index (χ0) is 21.2. The molecule has 0 aromatic heterocycles. The minimum atomic E-state index is -0.354. The lowest BCUT2D eigenvalue weighted by molar-refractivity contribution is -0.143. The number of benzene rings is 1. The maximum absolute atomic E-state index is 11.0. The summed E-state index contributed by atoms with van der Waals surface area (Å²) >= 11 is 0. The summed E-state index contributed by atoms with van der Waals surface area (Å²) in [5, 5.41) is 0. The minimum Gasteiger partial charge on any atom is -0.466 e. The first-order valence-corrected chi connectivity index (χ1v) is 9.79. The van der Waals surface area contributed by atoms with Crippen molar-refractivity contribution in [1.82, 2.24) is 0 Å². The summed E-state index contributed by atoms with van der Waals surface area (Å²) in [7, 11) is 1.36. The predicted octanol–water partition coefficient (Wildman–Crippen LogP) is 5.89. The number of allylic oxidation sites excluding steroid dienone is 1. The highest BCUT2D eigenvalue weighted by molar-refractivity contribution is 5.88. The molecule has 0 saturated heterocycles. The summed E-state index contributed by atoms with van der Waals surface area (Å²) in [5.74, 6) is -0.656. The van der Waals surface area contributed by atoms with Gasteiger partial charge >= 0.3 is 11.9 Å². The number of methoxy groups -OCH3 is 1. The van der Waals surface area contributed by atoms with E-state index in [1.54, 1.807) is 0 Å². The van der Waals surface area contributed by atoms with Crippen molar-refractivity contribution in [1.29, 1.82) is 0 Å². The van der Waals surface area contributed by atoms with Crippen molar-refractivity contribution < 1.29 is 19.1 Å². The van der Waals surface area contributed by atoms with Gasteiger partial charge in [-0.15, -0.1) is 0 Å². The quantitative estimate of drug-likeness (QED) is 0.270. The van der Waals surface area contributed by atoms with E-state index in [0.29, 0.717) is 12.0 Å². The monoisotopic (exact) mass is 386 g/mol. The van der Waals surface area contributed by atoms with Crippen LogP contribution in [-0.2, 0) is 19.1 Å². The fraction of sp³-hybridized carbons (Fsp3) is 0.417. The topological polar surface area (TPSA) is 52.6 Å². The van der Waals surface area contributed by atoms with Gasteiger partial charge in [0.2, 0.25) is 0 Å². The van der Waals surface area contributed by atoms with Crippen LogP contribution in [0.25, 0.3) is 6.08 Å². The van der Waals surface area contributed by atoms with Gasteiger partial charge in [0.05, 0.1) is 7.11 Å². The van der Waals surface area contributed by atoms with Gasteiger partial charge in [0, 0.05) is 11.6 Å². The van der Waals surface area contributed by atoms with Crippen LogP contribution in [0.15, 0.2) is 61.2 Å². The largest absolute Gasteiger partial charge is 0.466 e. The molecule has 0 fully saturated rings. The number of hydrogen-bond acceptors (Lipinski definition) is 4. The zero-order valence-corrected chi connectivity index (χ0v) is 17.5. The van der Waals surface area contributed by atoms with Crippen LogP contribution in [-0.4, -0.2) is 25.2 Å². The number of carbonyl (C=O) groups excluding carboxylic acids is 2. The lowest BCUT2D eigenvalue weighted by atomic mass is 10.1. The number of esters is 2. The Labute approximate surface area is 169 Å². The molecule has 0 aliphatic rings. The number of unbranched alkanes of at least 4 members (excludes halogenated alkanes) is 2. The van der Waals surface area contributed by atoms with Crippen LogP contribution >= 0.6 is 0 Å². The van der Waals surface area contributed by atoms with Crippen LogP contribution in [0, 0.1) is 0 Å². The smallest absolute Gasteiger partial charge is 0.333 e. The molecule has 0 N–H and O–H groups in total. The minimum absolute atomic E-state index is 0.0806. The molecule has 0 aliphatic heterocycles. The molecule has 0 amide bonds. The van der Waals surface area contributed by atoms with Crippen molar-refractivity contribution in [3.63, 3.8) is 0 Å². The maximum Gasteiger partial charge on any atom is 0.333 e. The summed E-state index contributed by atoms with van der Waals surface area (Å²) in [6.07, 6.45) is 11.1. The van der Waals surface area contributed by atoms with Crippen LogP contribution in [0.4, 0.5) is 0 Å². The highest BCUT2D eigenvalue weighted by Crippen LogP contribution is 2.10. The molecule has 4 nitrogen and oxygen atoms in total. The third kappa shape index (κ3) is 12.7. The molecule has 0 radical (unpaired) electrons. The molecule has 0 aliphatic carbocycles. The number of carbonyl (C=O) groups is 2. The van der Waals surface area contributed by atoms with Crippen LogP contribution in [0.5, 0.6) is 0 Å². The molecule has 1 unspecified atom stereocenters. The van der Waals surface area contributed by atoms with Gasteiger partial charge in [0.25, 0.3) is 0 Å². The molecule has 0 bridgehead atoms. The fourth-order valence-electron chi connectivity index (χ4n) is 2.31. The predicted molar refractivity (Wildman–Crippen MR) is 116 cm³/mol. The Morgan fingerprint density at radius 3 is 2.36 bits per heavy atom. The third-order valence-corrected chi connectivity index (χ3v) is 3.98. The van der Waals surface area contributed by atoms with Gasteiger partial charge in [-0.05, 0) is 31.2 Å². The molecule has 154 valence electrons. The molecule has 1 atom stereocenters. The van der Waals surface area contributed by atoms with E-state index >= 15 is 0 Å². The Morgan fingerprint density at radius 2 is 1.82 bits per heavy atom. The summed E-state index contributed by atoms with van der Waals surface area (Å²) in [4.78, 5) is 21.9. The second-order valence-electron chi connectivity index (χ2n) is 6.28. The maximum atomic E-state index is 11.0. The SMILES string of the molecule is C=C(CC=Cc1ccccc1)C(=O)OC.C=CC(=O)OC(CC)CCCCC. The lowest BCUT2D eigenvalue weighted by Crippen LogP contribution is -2.15. The van der Waals surface area contributed by atoms with Crippen molar-refractivity contribution >= 4 is 18.0 Å². The van der Waals surface area contributed by atoms with Crippen molar-refractivity contribution in [3.8, 4) is 0 Å². The van der Waals surface area contributed by atoms with Crippen LogP contribution < -0.4 is 0 Å². The van der Waals surface area contributed by atoms with Gasteiger partial charge in [-0.3, -0.25) is 0 Å². The van der Waals surface area contributed by atoms with Crippen molar-refractivity contribution in [2.45, 2.75) is 58.5 Å². The Hall–Kier alpha value is -2.62. The Bertz CT molecular complexity index is 617. The number of ether oxygens (including phenoxy) is 2. The molecule has 0 spiro atoms. The van der Waals surface area contributed by atoms with E-state index in [0.717, 1.165) is 24.8 Å². The van der Waals surface area contributed by atoms with Crippen LogP contribution in [0.1, 0.15) is 57.9 Å². The van der Waals surface area contributed by atoms with E-state index in [4.69, 9.17) is 4.74 Å². The Balaban J connectivity index is 0.000000528. The summed E-state index contributed by atoms with van der Waals surface area (Å²) in [6.45, 7) is 11.2. The van der Waals surface area contributed by atoms with Crippen LogP contribution in [0.2, 0.25) is 0 Å². The van der Waals surface area contributed by atoms with E-state index in [1.165, 1.54) is 26.0 Å². The van der Waals surface area contributed by atoms with Gasteiger partial charge in [-0.2, -0.15) is 0 Å². The molecule has 0 heterocycles. The van der Waals surface area contributed by atoms with Gasteiger partial charge < -0.3 is 9.47 Å². The molecule has 1 aromatic carbocycles. The van der Waals surface area contributed by atoms with Crippen molar-refractivity contribution in [2.75, 3.05) is 7.11 Å². The second kappa shape index (κ2) is 16.5. The molecule has 1 aromatic rings. The van der Waals surface area contributed by atoms with E-state index < -0.39 is 0 Å². The van der Waals surface area contributed by atoms with E-state index in [-0.39, 0.29) is 18.0 Å². The normalized spacial score (nSPS) is 11.1. The van der Waals surface area contributed by atoms with Gasteiger partial charge in [0.1, 0.15) is 6.10 Å². The van der Waals surface area contributed by atoms with E-state index in [2.05, 4.69) is 24.8 Å². The standard InChI is InChI=1S/C13H14O2.C11H20O2/c1-11(13(14)15-2)7-6-10-12-8-4-3-5-9-12;1-4-7-8-9-10(5-2)13-11(12)6-3/h3-6,8-10H,1,7H2,2H3;6,10H,3-5,7-9H2,1-2H3. The molecular weight excluding hydrogens is 352 g/mol. The fourth-order valence-corrected chi connectivity index (χ4v) is 2.31. The first-order valence-electron chi connectivity index (χ1n) is 9.79. The van der Waals surface area contributed by atoms with Gasteiger partial charge in [0.15, 0.2) is 0 Å². The second-order valence-corrected chi connectivity index (χ2v) is 6.28. The van der Waals surface area contributed by atoms with Crippen molar-refractivity contribution in [3.05, 3.63) is 66.8 Å². The molecule has 4 heteroatoms. The molecule has 1 rings (SSSR count). The van der Waals surface area contributed by atoms with E-state index in [1.807, 2.05) is 49.4 Å². The van der Waals surface area contributed by atoms with E-state index in [9.17, 15) is 9.59 Å². The first kappa shape index (κ1) is 25.4. The first-order chi connectivity index (χ1) is 13.5. The number of hydrogen-bond donors (Lipinski definition) is 0. The average molecular weight is 387 g/mol. The average Bonchev–Trinajstić information content (AvgIpc) is 2.73. The lowest BCUT2D eigenvalue weighted by Gasteiger charge is -2.14. The summed E-state index contributed by atoms with van der Waals surface area (Å²) in [5.41, 5.74) is 1.57. The molecule has 28 heavy (non-hydrogen) atoms. The van der Waals surface area contributed by atoms with Gasteiger partial charge in [-0.25, -0.2) is 9.59 Å². The Morgan fingerprint density at radius 1 is 1.14 bits per heavy atom. The number of rotatable bonds is 11. The highest BCUT2D eigenvalue weighted by Gasteiger charge is 2.09. The van der Waals surface area contributed by atoms with Crippen LogP contribution in [0.3, 0.4) is 0 Å². The summed E-state index contributed by atoms with van der Waals surface area (Å²) < 4.78 is 9.68. The summed E-state index contributed by atoms with van der Waals surface area (Å²) in [6, 6.07) is 9.89. The molecule has 0 saturated carbocycles. The highest BCUT2D eigenvalue weighted by atomic mass is 16.5. The van der Waals surface area contributed by atoms with Crippen molar-refractivity contribution in [2.24, 2.45) is 0 Å². The zero-order valence-electron chi connectivity index (χ0n) is 17.5. The Kier molecular flexibility index (Phi) is 15.0. The third-order valence-electron chi connectivity index (χ3n) is 3.98. The molecular formula is C24H34O4. The van der Waals surface area contributed by atoms with Gasteiger partial charge in [-0.1, -0.05) is 82.3 Å².